The molecule has 5 nitrogen and oxygen atoms in total. The van der Waals surface area contributed by atoms with Gasteiger partial charge in [0.1, 0.15) is 0 Å². The van der Waals surface area contributed by atoms with Crippen molar-refractivity contribution in [1.82, 2.24) is 4.90 Å². The highest BCUT2D eigenvalue weighted by Gasteiger charge is 2.18. The van der Waals surface area contributed by atoms with E-state index in [0.29, 0.717) is 10.7 Å². The van der Waals surface area contributed by atoms with Gasteiger partial charge in [0.05, 0.1) is 16.6 Å². The number of benzene rings is 1. The molecule has 104 valence electrons. The van der Waals surface area contributed by atoms with Crippen molar-refractivity contribution in [2.75, 3.05) is 18.9 Å². The second kappa shape index (κ2) is 6.95. The molecule has 7 heteroatoms. The van der Waals surface area contributed by atoms with Gasteiger partial charge in [0, 0.05) is 17.2 Å². The molecule has 1 aromatic carbocycles. The standard InChI is InChI=1S/C12H14ClIN2O3/c1-7(11(17)18)6-16(2)12(19)15-10-5-8(14)3-4-9(10)13/h3-5,7H,6H2,1-2H3,(H,15,19)(H,17,18). The summed E-state index contributed by atoms with van der Waals surface area (Å²) in [6, 6.07) is 4.88. The fourth-order valence-electron chi connectivity index (χ4n) is 1.38. The summed E-state index contributed by atoms with van der Waals surface area (Å²) in [6.07, 6.45) is 0. The van der Waals surface area contributed by atoms with Gasteiger partial charge in [0.15, 0.2) is 0 Å². The second-order valence-electron chi connectivity index (χ2n) is 4.17. The average molecular weight is 397 g/mol. The lowest BCUT2D eigenvalue weighted by atomic mass is 10.2. The Kier molecular flexibility index (Phi) is 5.86. The quantitative estimate of drug-likeness (QED) is 0.768. The van der Waals surface area contributed by atoms with Crippen LogP contribution in [0.3, 0.4) is 0 Å². The molecule has 0 spiro atoms. The number of nitrogens with one attached hydrogen (secondary N) is 1. The molecule has 0 aromatic heterocycles. The zero-order valence-corrected chi connectivity index (χ0v) is 13.4. The Labute approximate surface area is 130 Å². The van der Waals surface area contributed by atoms with Gasteiger partial charge in [-0.25, -0.2) is 4.79 Å². The van der Waals surface area contributed by atoms with Gasteiger partial charge in [0.25, 0.3) is 0 Å². The topological polar surface area (TPSA) is 69.6 Å². The lowest BCUT2D eigenvalue weighted by Crippen LogP contribution is -2.36. The molecule has 1 rings (SSSR count). The molecule has 1 unspecified atom stereocenters. The molecule has 2 N–H and O–H groups in total. The van der Waals surface area contributed by atoms with Gasteiger partial charge in [-0.15, -0.1) is 0 Å². The molecular weight excluding hydrogens is 383 g/mol. The fourth-order valence-corrected chi connectivity index (χ4v) is 2.03. The summed E-state index contributed by atoms with van der Waals surface area (Å²) < 4.78 is 0.943. The first kappa shape index (κ1) is 16.0. The molecule has 0 fully saturated rings. The van der Waals surface area contributed by atoms with E-state index in [9.17, 15) is 9.59 Å². The number of carbonyl (C=O) groups excluding carboxylic acids is 1. The van der Waals surface area contributed by atoms with Crippen molar-refractivity contribution in [2.24, 2.45) is 5.92 Å². The van der Waals surface area contributed by atoms with Crippen LogP contribution < -0.4 is 5.32 Å². The summed E-state index contributed by atoms with van der Waals surface area (Å²) in [6.45, 7) is 1.67. The molecular formula is C12H14ClIN2O3. The van der Waals surface area contributed by atoms with E-state index in [1.165, 1.54) is 11.9 Å². The Morgan fingerprint density at radius 2 is 2.16 bits per heavy atom. The number of halogens is 2. The van der Waals surface area contributed by atoms with Crippen LogP contribution in [-0.4, -0.2) is 35.6 Å². The third-order valence-corrected chi connectivity index (χ3v) is 3.49. The molecule has 2 amide bonds. The summed E-state index contributed by atoms with van der Waals surface area (Å²) in [4.78, 5) is 23.9. The number of carboxylic acid groups (broad SMARTS) is 1. The maximum Gasteiger partial charge on any atom is 0.321 e. The molecule has 0 aliphatic carbocycles. The Hall–Kier alpha value is -1.02. The van der Waals surface area contributed by atoms with Crippen molar-refractivity contribution in [3.63, 3.8) is 0 Å². The third kappa shape index (κ3) is 4.87. The number of urea groups is 1. The lowest BCUT2D eigenvalue weighted by molar-refractivity contribution is -0.141. The van der Waals surface area contributed by atoms with E-state index in [4.69, 9.17) is 16.7 Å². The summed E-state index contributed by atoms with van der Waals surface area (Å²) in [5.74, 6) is -1.56. The smallest absolute Gasteiger partial charge is 0.321 e. The molecule has 1 atom stereocenters. The maximum atomic E-state index is 11.9. The highest BCUT2D eigenvalue weighted by Crippen LogP contribution is 2.24. The van der Waals surface area contributed by atoms with Crippen LogP contribution in [0.2, 0.25) is 5.02 Å². The van der Waals surface area contributed by atoms with Crippen molar-refractivity contribution in [3.05, 3.63) is 26.8 Å². The Balaban J connectivity index is 2.68. The summed E-state index contributed by atoms with van der Waals surface area (Å²) in [5.41, 5.74) is 0.508. The first-order valence-corrected chi connectivity index (χ1v) is 6.97. The molecule has 19 heavy (non-hydrogen) atoms. The minimum atomic E-state index is -0.938. The number of rotatable bonds is 4. The number of carbonyl (C=O) groups is 2. The van der Waals surface area contributed by atoms with Crippen LogP contribution in [-0.2, 0) is 4.79 Å². The molecule has 0 saturated heterocycles. The number of carboxylic acids is 1. The Morgan fingerprint density at radius 1 is 1.53 bits per heavy atom. The van der Waals surface area contributed by atoms with E-state index in [-0.39, 0.29) is 6.54 Å². The highest BCUT2D eigenvalue weighted by atomic mass is 127. The van der Waals surface area contributed by atoms with Gasteiger partial charge >= 0.3 is 12.0 Å². The van der Waals surface area contributed by atoms with Gasteiger partial charge in [-0.3, -0.25) is 4.79 Å². The van der Waals surface area contributed by atoms with Crippen LogP contribution in [0.15, 0.2) is 18.2 Å². The summed E-state index contributed by atoms with van der Waals surface area (Å²) >= 11 is 8.08. The second-order valence-corrected chi connectivity index (χ2v) is 5.83. The van der Waals surface area contributed by atoms with Crippen LogP contribution in [0, 0.1) is 9.49 Å². The lowest BCUT2D eigenvalue weighted by Gasteiger charge is -2.20. The first-order chi connectivity index (χ1) is 8.81. The maximum absolute atomic E-state index is 11.9. The van der Waals surface area contributed by atoms with Gasteiger partial charge < -0.3 is 15.3 Å². The third-order valence-electron chi connectivity index (χ3n) is 2.49. The normalized spacial score (nSPS) is 11.8. The Bertz CT molecular complexity index is 496. The molecule has 0 aliphatic heterocycles. The van der Waals surface area contributed by atoms with Crippen LogP contribution >= 0.6 is 34.2 Å². The SMILES string of the molecule is CC(CN(C)C(=O)Nc1cc(I)ccc1Cl)C(=O)O. The number of amides is 2. The number of nitrogens with zero attached hydrogens (tertiary/aromatic N) is 1. The minimum Gasteiger partial charge on any atom is -0.481 e. The van der Waals surface area contributed by atoms with Gasteiger partial charge in [-0.1, -0.05) is 18.5 Å². The molecule has 0 heterocycles. The number of aliphatic carboxylic acids is 1. The van der Waals surface area contributed by atoms with Crippen molar-refractivity contribution < 1.29 is 14.7 Å². The van der Waals surface area contributed by atoms with Crippen molar-refractivity contribution in [1.29, 1.82) is 0 Å². The van der Waals surface area contributed by atoms with E-state index in [1.807, 2.05) is 6.07 Å². The largest absolute Gasteiger partial charge is 0.481 e. The molecule has 0 radical (unpaired) electrons. The van der Waals surface area contributed by atoms with Gasteiger partial charge in [-0.2, -0.15) is 0 Å². The average Bonchev–Trinajstić information content (AvgIpc) is 2.33. The number of hydrogen-bond donors (Lipinski definition) is 2. The highest BCUT2D eigenvalue weighted by molar-refractivity contribution is 14.1. The van der Waals surface area contributed by atoms with Crippen molar-refractivity contribution in [2.45, 2.75) is 6.92 Å². The molecule has 0 aliphatic rings. The molecule has 0 bridgehead atoms. The summed E-state index contributed by atoms with van der Waals surface area (Å²) in [5, 5.41) is 11.9. The van der Waals surface area contributed by atoms with Crippen molar-refractivity contribution in [3.8, 4) is 0 Å². The van der Waals surface area contributed by atoms with E-state index in [1.54, 1.807) is 19.1 Å². The van der Waals surface area contributed by atoms with Crippen LogP contribution in [0.1, 0.15) is 6.92 Å². The van der Waals surface area contributed by atoms with Crippen LogP contribution in [0.5, 0.6) is 0 Å². The fraction of sp³-hybridized carbons (Fsp3) is 0.333. The van der Waals surface area contributed by atoms with E-state index in [0.717, 1.165) is 3.57 Å². The van der Waals surface area contributed by atoms with Gasteiger partial charge in [-0.05, 0) is 40.8 Å². The predicted octanol–water partition coefficient (Wildman–Crippen LogP) is 3.13. The van der Waals surface area contributed by atoms with Crippen LogP contribution in [0.25, 0.3) is 0 Å². The Morgan fingerprint density at radius 3 is 2.74 bits per heavy atom. The molecule has 1 aromatic rings. The van der Waals surface area contributed by atoms with E-state index >= 15 is 0 Å². The number of anilines is 1. The van der Waals surface area contributed by atoms with Gasteiger partial charge in [0.2, 0.25) is 0 Å². The van der Waals surface area contributed by atoms with Crippen molar-refractivity contribution >= 4 is 51.9 Å². The predicted molar refractivity (Wildman–Crippen MR) is 82.6 cm³/mol. The van der Waals surface area contributed by atoms with E-state index < -0.39 is 17.9 Å². The minimum absolute atomic E-state index is 0.128. The number of hydrogen-bond acceptors (Lipinski definition) is 2. The van der Waals surface area contributed by atoms with Crippen LogP contribution in [0.4, 0.5) is 10.5 Å². The monoisotopic (exact) mass is 396 g/mol. The zero-order valence-electron chi connectivity index (χ0n) is 10.5. The zero-order chi connectivity index (χ0) is 14.6. The first-order valence-electron chi connectivity index (χ1n) is 5.51. The summed E-state index contributed by atoms with van der Waals surface area (Å²) in [7, 11) is 1.54. The molecule has 0 saturated carbocycles. The van der Waals surface area contributed by atoms with E-state index in [2.05, 4.69) is 27.9 Å².